The highest BCUT2D eigenvalue weighted by atomic mass is 16.5. The molecule has 0 saturated heterocycles. The van der Waals surface area contributed by atoms with Crippen molar-refractivity contribution in [1.82, 2.24) is 19.1 Å². The molecule has 178 valence electrons. The zero-order valence-corrected chi connectivity index (χ0v) is 19.2. The second-order valence-electron chi connectivity index (χ2n) is 7.76. The van der Waals surface area contributed by atoms with Crippen LogP contribution in [0.4, 0.5) is 5.69 Å². The minimum Gasteiger partial charge on any atom is -0.451 e. The summed E-state index contributed by atoms with van der Waals surface area (Å²) in [6.45, 7) is 1.25. The predicted octanol–water partition coefficient (Wildman–Crippen LogP) is 1.88. The lowest BCUT2D eigenvalue weighted by atomic mass is 10.2. The SMILES string of the molecule is Cc1c(NC(=O)COC(=O)c2ccc(=O)n(Cc3ccccc3)n2)c(=O)n(-c2ccccc2)n1C. The van der Waals surface area contributed by atoms with E-state index in [9.17, 15) is 19.2 Å². The summed E-state index contributed by atoms with van der Waals surface area (Å²) in [4.78, 5) is 49.9. The van der Waals surface area contributed by atoms with E-state index < -0.39 is 24.0 Å². The number of carbonyl (C=O) groups excluding carboxylic acids is 2. The van der Waals surface area contributed by atoms with E-state index in [0.717, 1.165) is 10.2 Å². The van der Waals surface area contributed by atoms with Crippen molar-refractivity contribution in [1.29, 1.82) is 0 Å². The topological polar surface area (TPSA) is 117 Å². The van der Waals surface area contributed by atoms with Crippen molar-refractivity contribution in [3.05, 3.63) is 110 Å². The van der Waals surface area contributed by atoms with Gasteiger partial charge in [-0.05, 0) is 30.7 Å². The van der Waals surface area contributed by atoms with Crippen LogP contribution in [0.2, 0.25) is 0 Å². The Morgan fingerprint density at radius 2 is 1.60 bits per heavy atom. The van der Waals surface area contributed by atoms with Gasteiger partial charge in [-0.2, -0.15) is 5.10 Å². The van der Waals surface area contributed by atoms with E-state index in [1.807, 2.05) is 36.4 Å². The summed E-state index contributed by atoms with van der Waals surface area (Å²) in [5, 5.41) is 6.57. The lowest BCUT2D eigenvalue weighted by Gasteiger charge is -2.08. The second-order valence-corrected chi connectivity index (χ2v) is 7.76. The average Bonchev–Trinajstić information content (AvgIpc) is 3.08. The Morgan fingerprint density at radius 3 is 2.29 bits per heavy atom. The molecule has 0 saturated carbocycles. The van der Waals surface area contributed by atoms with Crippen LogP contribution in [0.3, 0.4) is 0 Å². The number of para-hydroxylation sites is 1. The highest BCUT2D eigenvalue weighted by Crippen LogP contribution is 2.14. The van der Waals surface area contributed by atoms with Gasteiger partial charge in [0.1, 0.15) is 5.69 Å². The van der Waals surface area contributed by atoms with Gasteiger partial charge in [-0.25, -0.2) is 14.2 Å². The first kappa shape index (κ1) is 23.4. The second kappa shape index (κ2) is 10.0. The number of hydrogen-bond acceptors (Lipinski definition) is 6. The molecule has 10 heteroatoms. The van der Waals surface area contributed by atoms with Crippen molar-refractivity contribution < 1.29 is 14.3 Å². The number of benzene rings is 2. The molecule has 4 rings (SSSR count). The summed E-state index contributed by atoms with van der Waals surface area (Å²) in [5.41, 5.74) is 1.21. The highest BCUT2D eigenvalue weighted by Gasteiger charge is 2.19. The van der Waals surface area contributed by atoms with Crippen molar-refractivity contribution in [2.45, 2.75) is 13.5 Å². The molecular weight excluding hydrogens is 450 g/mol. The number of carbonyl (C=O) groups is 2. The fourth-order valence-corrected chi connectivity index (χ4v) is 3.52. The maximum atomic E-state index is 12.9. The van der Waals surface area contributed by atoms with Gasteiger partial charge >= 0.3 is 5.97 Å². The van der Waals surface area contributed by atoms with Crippen molar-refractivity contribution in [3.63, 3.8) is 0 Å². The van der Waals surface area contributed by atoms with Crippen LogP contribution in [0.5, 0.6) is 0 Å². The third-order valence-corrected chi connectivity index (χ3v) is 5.40. The van der Waals surface area contributed by atoms with Gasteiger partial charge in [-0.3, -0.25) is 19.1 Å². The summed E-state index contributed by atoms with van der Waals surface area (Å²) in [7, 11) is 1.70. The smallest absolute Gasteiger partial charge is 0.359 e. The minimum absolute atomic E-state index is 0.0898. The molecule has 0 aliphatic rings. The lowest BCUT2D eigenvalue weighted by molar-refractivity contribution is -0.119. The molecular formula is C25H23N5O5. The van der Waals surface area contributed by atoms with Gasteiger partial charge in [0.05, 0.1) is 17.9 Å². The molecule has 35 heavy (non-hydrogen) atoms. The molecule has 2 aromatic carbocycles. The van der Waals surface area contributed by atoms with E-state index >= 15 is 0 Å². The molecule has 0 bridgehead atoms. The summed E-state index contributed by atoms with van der Waals surface area (Å²) >= 11 is 0. The van der Waals surface area contributed by atoms with Crippen molar-refractivity contribution >= 4 is 17.6 Å². The first-order valence-corrected chi connectivity index (χ1v) is 10.8. The predicted molar refractivity (Wildman–Crippen MR) is 129 cm³/mol. The molecule has 2 aromatic heterocycles. The van der Waals surface area contributed by atoms with Gasteiger partial charge in [0.15, 0.2) is 12.3 Å². The molecule has 1 amide bonds. The van der Waals surface area contributed by atoms with Crippen LogP contribution in [0.1, 0.15) is 21.7 Å². The molecule has 0 atom stereocenters. The number of hydrogen-bond donors (Lipinski definition) is 1. The number of amides is 1. The Bertz CT molecular complexity index is 1490. The zero-order valence-electron chi connectivity index (χ0n) is 19.2. The molecule has 1 N–H and O–H groups in total. The maximum absolute atomic E-state index is 12.9. The number of rotatable bonds is 7. The molecule has 0 unspecified atom stereocenters. The Balaban J connectivity index is 1.43. The fraction of sp³-hybridized carbons (Fsp3) is 0.160. The average molecular weight is 473 g/mol. The van der Waals surface area contributed by atoms with Gasteiger partial charge in [0, 0.05) is 13.1 Å². The third kappa shape index (κ3) is 5.11. The van der Waals surface area contributed by atoms with Gasteiger partial charge in [-0.1, -0.05) is 48.5 Å². The summed E-state index contributed by atoms with van der Waals surface area (Å²) in [5.74, 6) is -1.55. The van der Waals surface area contributed by atoms with Crippen LogP contribution in [-0.4, -0.2) is 37.6 Å². The maximum Gasteiger partial charge on any atom is 0.359 e. The number of nitrogens with zero attached hydrogens (tertiary/aromatic N) is 4. The first-order valence-electron chi connectivity index (χ1n) is 10.8. The Hall–Kier alpha value is -4.73. The number of aromatic nitrogens is 4. The molecule has 2 heterocycles. The number of anilines is 1. The largest absolute Gasteiger partial charge is 0.451 e. The molecule has 0 spiro atoms. The fourth-order valence-electron chi connectivity index (χ4n) is 3.52. The summed E-state index contributed by atoms with van der Waals surface area (Å²) in [6, 6.07) is 20.6. The van der Waals surface area contributed by atoms with Crippen molar-refractivity contribution in [3.8, 4) is 5.69 Å². The van der Waals surface area contributed by atoms with Gasteiger partial charge in [-0.15, -0.1) is 0 Å². The Kier molecular flexibility index (Phi) is 6.72. The van der Waals surface area contributed by atoms with Gasteiger partial charge in [0.25, 0.3) is 17.0 Å². The van der Waals surface area contributed by atoms with Crippen LogP contribution < -0.4 is 16.4 Å². The minimum atomic E-state index is -0.867. The van der Waals surface area contributed by atoms with Crippen LogP contribution in [0, 0.1) is 6.92 Å². The number of nitrogens with one attached hydrogen (secondary N) is 1. The van der Waals surface area contributed by atoms with Gasteiger partial charge < -0.3 is 10.1 Å². The lowest BCUT2D eigenvalue weighted by Crippen LogP contribution is -2.28. The van der Waals surface area contributed by atoms with Crippen molar-refractivity contribution in [2.24, 2.45) is 7.05 Å². The first-order chi connectivity index (χ1) is 16.8. The highest BCUT2D eigenvalue weighted by molar-refractivity contribution is 5.95. The quantitative estimate of drug-likeness (QED) is 0.410. The van der Waals surface area contributed by atoms with Crippen LogP contribution in [0.15, 0.2) is 82.4 Å². The Morgan fingerprint density at radius 1 is 0.943 bits per heavy atom. The molecule has 0 radical (unpaired) electrons. The van der Waals surface area contributed by atoms with E-state index in [2.05, 4.69) is 10.4 Å². The van der Waals surface area contributed by atoms with E-state index in [1.54, 1.807) is 42.9 Å². The molecule has 10 nitrogen and oxygen atoms in total. The third-order valence-electron chi connectivity index (χ3n) is 5.40. The van der Waals surface area contributed by atoms with Crippen molar-refractivity contribution in [2.75, 3.05) is 11.9 Å². The van der Waals surface area contributed by atoms with E-state index in [0.29, 0.717) is 11.4 Å². The van der Waals surface area contributed by atoms with Gasteiger partial charge in [0.2, 0.25) is 0 Å². The number of esters is 1. The van der Waals surface area contributed by atoms with E-state index in [-0.39, 0.29) is 23.5 Å². The van der Waals surface area contributed by atoms with E-state index in [4.69, 9.17) is 4.74 Å². The Labute approximate surface area is 200 Å². The molecule has 0 aliphatic carbocycles. The molecule has 0 fully saturated rings. The molecule has 4 aromatic rings. The van der Waals surface area contributed by atoms with Crippen LogP contribution in [-0.2, 0) is 23.1 Å². The number of ether oxygens (including phenoxy) is 1. The van der Waals surface area contributed by atoms with Crippen LogP contribution in [0.25, 0.3) is 5.69 Å². The van der Waals surface area contributed by atoms with Crippen LogP contribution >= 0.6 is 0 Å². The zero-order chi connectivity index (χ0) is 24.9. The summed E-state index contributed by atoms with van der Waals surface area (Å²) in [6.07, 6.45) is 0. The molecule has 0 aliphatic heterocycles. The normalized spacial score (nSPS) is 10.7. The van der Waals surface area contributed by atoms with E-state index in [1.165, 1.54) is 16.8 Å². The standard InChI is InChI=1S/C25H23N5O5/c1-17-23(24(33)30(28(17)2)19-11-7-4-8-12-19)26-21(31)16-35-25(34)20-13-14-22(32)29(27-20)15-18-9-5-3-6-10-18/h3-14H,15-16H2,1-2H3,(H,26,31). The summed E-state index contributed by atoms with van der Waals surface area (Å²) < 4.78 is 9.26. The monoisotopic (exact) mass is 473 g/mol.